The fraction of sp³-hybridized carbons (Fsp3) is 0.250. The third-order valence-electron chi connectivity index (χ3n) is 2.14. The molecule has 1 aromatic rings. The molecule has 1 aromatic carbocycles. The summed E-state index contributed by atoms with van der Waals surface area (Å²) in [7, 11) is 5.19. The first kappa shape index (κ1) is 11.3. The van der Waals surface area contributed by atoms with Gasteiger partial charge in [0, 0.05) is 25.3 Å². The summed E-state index contributed by atoms with van der Waals surface area (Å²) in [6.07, 6.45) is 0. The van der Waals surface area contributed by atoms with Gasteiger partial charge >= 0.3 is 5.97 Å². The zero-order chi connectivity index (χ0) is 11.4. The predicted molar refractivity (Wildman–Crippen MR) is 61.8 cm³/mol. The lowest BCUT2D eigenvalue weighted by molar-refractivity contribution is -0.133. The number of anilines is 1. The first-order chi connectivity index (χ1) is 7.07. The molecule has 0 amide bonds. The number of para-hydroxylation sites is 1. The van der Waals surface area contributed by atoms with Crippen LogP contribution in [0, 0.1) is 0 Å². The topological polar surface area (TPSA) is 29.5 Å². The van der Waals surface area contributed by atoms with Crippen molar-refractivity contribution in [2.24, 2.45) is 0 Å². The Balaban J connectivity index is 3.13. The van der Waals surface area contributed by atoms with Gasteiger partial charge in [-0.2, -0.15) is 0 Å². The van der Waals surface area contributed by atoms with Gasteiger partial charge in [-0.15, -0.1) is 0 Å². The maximum absolute atomic E-state index is 11.3. The SMILES string of the molecule is C=C(C(=O)OC)c1ccccc1N(C)C. The lowest BCUT2D eigenvalue weighted by Gasteiger charge is -2.17. The summed E-state index contributed by atoms with van der Waals surface area (Å²) in [6.45, 7) is 3.74. The number of methoxy groups -OCH3 is 1. The van der Waals surface area contributed by atoms with Crippen molar-refractivity contribution in [2.75, 3.05) is 26.1 Å². The molecule has 3 nitrogen and oxygen atoms in total. The van der Waals surface area contributed by atoms with Gasteiger partial charge in [-0.05, 0) is 6.07 Å². The van der Waals surface area contributed by atoms with Gasteiger partial charge in [0.15, 0.2) is 0 Å². The van der Waals surface area contributed by atoms with Crippen LogP contribution in [-0.2, 0) is 9.53 Å². The fourth-order valence-corrected chi connectivity index (χ4v) is 1.35. The highest BCUT2D eigenvalue weighted by atomic mass is 16.5. The normalized spacial score (nSPS) is 9.53. The average Bonchev–Trinajstić information content (AvgIpc) is 2.27. The summed E-state index contributed by atoms with van der Waals surface area (Å²) < 4.78 is 4.64. The van der Waals surface area contributed by atoms with Gasteiger partial charge < -0.3 is 9.64 Å². The maximum atomic E-state index is 11.3. The van der Waals surface area contributed by atoms with E-state index in [1.165, 1.54) is 7.11 Å². The van der Waals surface area contributed by atoms with Crippen molar-refractivity contribution in [3.63, 3.8) is 0 Å². The van der Waals surface area contributed by atoms with Gasteiger partial charge in [-0.1, -0.05) is 24.8 Å². The van der Waals surface area contributed by atoms with E-state index in [0.29, 0.717) is 5.57 Å². The second-order valence-electron chi connectivity index (χ2n) is 3.38. The van der Waals surface area contributed by atoms with Crippen molar-refractivity contribution in [1.29, 1.82) is 0 Å². The predicted octanol–water partition coefficient (Wildman–Crippen LogP) is 1.94. The summed E-state index contributed by atoms with van der Waals surface area (Å²) in [6, 6.07) is 7.58. The minimum Gasteiger partial charge on any atom is -0.465 e. The van der Waals surface area contributed by atoms with Crippen LogP contribution < -0.4 is 4.90 Å². The molecular formula is C12H15NO2. The van der Waals surface area contributed by atoms with E-state index in [1.807, 2.05) is 43.3 Å². The van der Waals surface area contributed by atoms with Crippen molar-refractivity contribution in [2.45, 2.75) is 0 Å². The number of ether oxygens (including phenoxy) is 1. The largest absolute Gasteiger partial charge is 0.465 e. The molecule has 15 heavy (non-hydrogen) atoms. The minimum atomic E-state index is -0.399. The minimum absolute atomic E-state index is 0.377. The molecule has 0 saturated carbocycles. The van der Waals surface area contributed by atoms with Crippen LogP contribution in [0.2, 0.25) is 0 Å². The summed E-state index contributed by atoms with van der Waals surface area (Å²) in [5.41, 5.74) is 2.13. The number of hydrogen-bond donors (Lipinski definition) is 0. The van der Waals surface area contributed by atoms with E-state index < -0.39 is 5.97 Å². The summed E-state index contributed by atoms with van der Waals surface area (Å²) in [5, 5.41) is 0. The van der Waals surface area contributed by atoms with Gasteiger partial charge in [0.2, 0.25) is 0 Å². The summed E-state index contributed by atoms with van der Waals surface area (Å²) in [4.78, 5) is 13.3. The zero-order valence-corrected chi connectivity index (χ0v) is 9.28. The number of benzene rings is 1. The van der Waals surface area contributed by atoms with Gasteiger partial charge in [0.05, 0.1) is 12.7 Å². The van der Waals surface area contributed by atoms with E-state index in [1.54, 1.807) is 0 Å². The van der Waals surface area contributed by atoms with Crippen LogP contribution in [0.3, 0.4) is 0 Å². The molecule has 0 spiro atoms. The Kier molecular flexibility index (Phi) is 3.50. The number of hydrogen-bond acceptors (Lipinski definition) is 3. The van der Waals surface area contributed by atoms with Gasteiger partial charge in [-0.25, -0.2) is 4.79 Å². The molecule has 0 bridgehead atoms. The highest BCUT2D eigenvalue weighted by Gasteiger charge is 2.13. The third kappa shape index (κ3) is 2.37. The van der Waals surface area contributed by atoms with Gasteiger partial charge in [-0.3, -0.25) is 0 Å². The van der Waals surface area contributed by atoms with E-state index in [-0.39, 0.29) is 0 Å². The molecule has 0 aromatic heterocycles. The first-order valence-corrected chi connectivity index (χ1v) is 4.62. The standard InChI is InChI=1S/C12H15NO2/c1-9(12(14)15-4)10-7-5-6-8-11(10)13(2)3/h5-8H,1H2,2-4H3. The molecule has 0 saturated heterocycles. The van der Waals surface area contributed by atoms with Crippen molar-refractivity contribution in [3.05, 3.63) is 36.4 Å². The Bertz CT molecular complexity index is 383. The zero-order valence-electron chi connectivity index (χ0n) is 9.28. The van der Waals surface area contributed by atoms with Gasteiger partial charge in [0.25, 0.3) is 0 Å². The number of esters is 1. The fourth-order valence-electron chi connectivity index (χ4n) is 1.35. The summed E-state index contributed by atoms with van der Waals surface area (Å²) >= 11 is 0. The molecule has 0 heterocycles. The quantitative estimate of drug-likeness (QED) is 0.558. The van der Waals surface area contributed by atoms with Crippen LogP contribution >= 0.6 is 0 Å². The molecular weight excluding hydrogens is 190 g/mol. The molecule has 80 valence electrons. The Morgan fingerprint density at radius 2 is 1.93 bits per heavy atom. The van der Waals surface area contributed by atoms with E-state index in [0.717, 1.165) is 11.3 Å². The van der Waals surface area contributed by atoms with Crippen LogP contribution in [0.5, 0.6) is 0 Å². The smallest absolute Gasteiger partial charge is 0.337 e. The first-order valence-electron chi connectivity index (χ1n) is 4.62. The summed E-state index contributed by atoms with van der Waals surface area (Å²) in [5.74, 6) is -0.399. The van der Waals surface area contributed by atoms with Crippen molar-refractivity contribution < 1.29 is 9.53 Å². The number of nitrogens with zero attached hydrogens (tertiary/aromatic N) is 1. The Labute approximate surface area is 90.0 Å². The Morgan fingerprint density at radius 1 is 1.33 bits per heavy atom. The molecule has 3 heteroatoms. The molecule has 0 aliphatic carbocycles. The highest BCUT2D eigenvalue weighted by Crippen LogP contribution is 2.25. The van der Waals surface area contributed by atoms with E-state index >= 15 is 0 Å². The average molecular weight is 205 g/mol. The molecule has 0 atom stereocenters. The van der Waals surface area contributed by atoms with Crippen LogP contribution in [0.25, 0.3) is 5.57 Å². The Hall–Kier alpha value is -1.77. The van der Waals surface area contributed by atoms with Crippen molar-refractivity contribution in [3.8, 4) is 0 Å². The molecule has 1 rings (SSSR count). The van der Waals surface area contributed by atoms with Crippen LogP contribution in [-0.4, -0.2) is 27.2 Å². The molecule has 0 unspecified atom stereocenters. The van der Waals surface area contributed by atoms with E-state index in [2.05, 4.69) is 11.3 Å². The monoisotopic (exact) mass is 205 g/mol. The second kappa shape index (κ2) is 4.64. The Morgan fingerprint density at radius 3 is 2.47 bits per heavy atom. The molecule has 0 fully saturated rings. The number of rotatable bonds is 3. The van der Waals surface area contributed by atoms with Crippen LogP contribution in [0.4, 0.5) is 5.69 Å². The van der Waals surface area contributed by atoms with Crippen LogP contribution in [0.1, 0.15) is 5.56 Å². The van der Waals surface area contributed by atoms with Crippen molar-refractivity contribution >= 4 is 17.2 Å². The second-order valence-corrected chi connectivity index (χ2v) is 3.38. The molecule has 0 aliphatic heterocycles. The van der Waals surface area contributed by atoms with E-state index in [9.17, 15) is 4.79 Å². The molecule has 0 aliphatic rings. The third-order valence-corrected chi connectivity index (χ3v) is 2.14. The molecule has 0 N–H and O–H groups in total. The lowest BCUT2D eigenvalue weighted by Crippen LogP contribution is -2.13. The van der Waals surface area contributed by atoms with Crippen LogP contribution in [0.15, 0.2) is 30.8 Å². The highest BCUT2D eigenvalue weighted by molar-refractivity contribution is 6.17. The van der Waals surface area contributed by atoms with Gasteiger partial charge in [0.1, 0.15) is 0 Å². The van der Waals surface area contributed by atoms with E-state index in [4.69, 9.17) is 0 Å². The van der Waals surface area contributed by atoms with Crippen molar-refractivity contribution in [1.82, 2.24) is 0 Å². The number of carbonyl (C=O) groups is 1. The lowest BCUT2D eigenvalue weighted by atomic mass is 10.1. The molecule has 0 radical (unpaired) electrons. The maximum Gasteiger partial charge on any atom is 0.337 e. The number of carbonyl (C=O) groups excluding carboxylic acids is 1.